The normalized spacial score (nSPS) is 10.5. The number of thiazole rings is 1. The zero-order chi connectivity index (χ0) is 17.8. The monoisotopic (exact) mass is 355 g/mol. The number of esters is 1. The number of hydrogen-bond donors (Lipinski definition) is 0. The van der Waals surface area contributed by atoms with Gasteiger partial charge in [-0.15, -0.1) is 11.3 Å². The number of halogens is 1. The quantitative estimate of drug-likeness (QED) is 0.506. The molecule has 3 rings (SSSR count). The van der Waals surface area contributed by atoms with Gasteiger partial charge in [-0.3, -0.25) is 4.79 Å². The second-order valence-corrected chi connectivity index (χ2v) is 6.49. The second kappa shape index (κ2) is 7.36. The Morgan fingerprint density at radius 3 is 2.44 bits per heavy atom. The number of carbonyl (C=O) groups is 2. The van der Waals surface area contributed by atoms with Crippen LogP contribution >= 0.6 is 11.3 Å². The zero-order valence-corrected chi connectivity index (χ0v) is 14.2. The number of ether oxygens (including phenoxy) is 1. The van der Waals surface area contributed by atoms with Crippen LogP contribution in [0.5, 0.6) is 0 Å². The van der Waals surface area contributed by atoms with Crippen LogP contribution in [-0.2, 0) is 4.74 Å². The van der Waals surface area contributed by atoms with Crippen molar-refractivity contribution in [3.63, 3.8) is 0 Å². The summed E-state index contributed by atoms with van der Waals surface area (Å²) in [5.74, 6) is -1.42. The topological polar surface area (TPSA) is 56.3 Å². The lowest BCUT2D eigenvalue weighted by Gasteiger charge is -2.05. The van der Waals surface area contributed by atoms with Crippen molar-refractivity contribution in [3.05, 3.63) is 75.9 Å². The molecule has 0 amide bonds. The Balaban J connectivity index is 1.74. The Hall–Kier alpha value is -2.86. The molecule has 25 heavy (non-hydrogen) atoms. The largest absolute Gasteiger partial charge is 0.453 e. The van der Waals surface area contributed by atoms with Gasteiger partial charge in [-0.05, 0) is 31.2 Å². The molecule has 6 heteroatoms. The van der Waals surface area contributed by atoms with Crippen LogP contribution in [0, 0.1) is 12.7 Å². The number of nitrogens with zero attached hydrogens (tertiary/aromatic N) is 1. The lowest BCUT2D eigenvalue weighted by atomic mass is 10.1. The van der Waals surface area contributed by atoms with Gasteiger partial charge in [0.25, 0.3) is 0 Å². The summed E-state index contributed by atoms with van der Waals surface area (Å²) in [5, 5.41) is 0.732. The van der Waals surface area contributed by atoms with E-state index >= 15 is 0 Å². The lowest BCUT2D eigenvalue weighted by molar-refractivity contribution is 0.0480. The number of carbonyl (C=O) groups excluding carboxylic acids is 2. The third kappa shape index (κ3) is 3.97. The number of hydrogen-bond acceptors (Lipinski definition) is 5. The summed E-state index contributed by atoms with van der Waals surface area (Å²) in [6.07, 6.45) is 0. The summed E-state index contributed by atoms with van der Waals surface area (Å²) in [4.78, 5) is 29.2. The predicted molar refractivity (Wildman–Crippen MR) is 93.3 cm³/mol. The fraction of sp³-hybridized carbons (Fsp3) is 0.105. The van der Waals surface area contributed by atoms with Crippen LogP contribution in [-0.4, -0.2) is 23.3 Å². The van der Waals surface area contributed by atoms with E-state index in [1.54, 1.807) is 6.92 Å². The molecule has 0 saturated carbocycles. The third-order valence-corrected chi connectivity index (χ3v) is 4.42. The minimum atomic E-state index is -0.597. The fourth-order valence-corrected chi connectivity index (χ4v) is 3.11. The van der Waals surface area contributed by atoms with E-state index in [1.807, 2.05) is 30.3 Å². The first-order valence-corrected chi connectivity index (χ1v) is 8.35. The van der Waals surface area contributed by atoms with Crippen molar-refractivity contribution >= 4 is 23.1 Å². The van der Waals surface area contributed by atoms with Gasteiger partial charge in [-0.2, -0.15) is 0 Å². The third-order valence-electron chi connectivity index (χ3n) is 3.47. The Bertz CT molecular complexity index is 904. The highest BCUT2D eigenvalue weighted by atomic mass is 32.1. The fourth-order valence-electron chi connectivity index (χ4n) is 2.27. The molecule has 0 bridgehead atoms. The Morgan fingerprint density at radius 1 is 1.08 bits per heavy atom. The van der Waals surface area contributed by atoms with Crippen LogP contribution in [0.15, 0.2) is 54.6 Å². The van der Waals surface area contributed by atoms with E-state index in [4.69, 9.17) is 4.74 Å². The molecule has 0 radical (unpaired) electrons. The molecule has 1 aromatic heterocycles. The van der Waals surface area contributed by atoms with Crippen molar-refractivity contribution in [1.29, 1.82) is 0 Å². The van der Waals surface area contributed by atoms with Gasteiger partial charge in [0.2, 0.25) is 0 Å². The average Bonchev–Trinajstić information content (AvgIpc) is 3.02. The van der Waals surface area contributed by atoms with Crippen LogP contribution in [0.4, 0.5) is 4.39 Å². The molecule has 4 nitrogen and oxygen atoms in total. The number of Topliss-reactive ketones (excluding diaryl/α,β-unsaturated/α-hetero) is 1. The first kappa shape index (κ1) is 17.0. The van der Waals surface area contributed by atoms with E-state index in [0.717, 1.165) is 10.6 Å². The number of aromatic nitrogens is 1. The maximum absolute atomic E-state index is 12.9. The van der Waals surface area contributed by atoms with E-state index < -0.39 is 24.2 Å². The van der Waals surface area contributed by atoms with E-state index in [0.29, 0.717) is 10.6 Å². The molecule has 0 aliphatic carbocycles. The smallest absolute Gasteiger partial charge is 0.351 e. The molecule has 3 aromatic rings. The van der Waals surface area contributed by atoms with Gasteiger partial charge < -0.3 is 4.74 Å². The van der Waals surface area contributed by atoms with E-state index in [1.165, 1.54) is 35.6 Å². The summed E-state index contributed by atoms with van der Waals surface area (Å²) in [6.45, 7) is 1.40. The van der Waals surface area contributed by atoms with Gasteiger partial charge in [-0.1, -0.05) is 30.3 Å². The van der Waals surface area contributed by atoms with Gasteiger partial charge in [-0.25, -0.2) is 14.2 Å². The molecular weight excluding hydrogens is 341 g/mol. The van der Waals surface area contributed by atoms with Gasteiger partial charge in [0, 0.05) is 11.1 Å². The van der Waals surface area contributed by atoms with Crippen LogP contribution < -0.4 is 0 Å². The summed E-state index contributed by atoms with van der Waals surface area (Å²) in [6, 6.07) is 14.4. The Morgan fingerprint density at radius 2 is 1.76 bits per heavy atom. The molecule has 0 spiro atoms. The molecule has 0 atom stereocenters. The number of benzene rings is 2. The van der Waals surface area contributed by atoms with Gasteiger partial charge in [0.1, 0.15) is 10.7 Å². The highest BCUT2D eigenvalue weighted by molar-refractivity contribution is 7.14. The molecule has 0 fully saturated rings. The Labute approximate surface area is 147 Å². The number of ketones is 1. The minimum absolute atomic E-state index is 0.290. The molecule has 0 aliphatic rings. The Kier molecular flexibility index (Phi) is 5.00. The summed E-state index contributed by atoms with van der Waals surface area (Å²) in [5.41, 5.74) is 1.64. The molecule has 0 saturated heterocycles. The average molecular weight is 355 g/mol. The van der Waals surface area contributed by atoms with Crippen molar-refractivity contribution in [1.82, 2.24) is 4.98 Å². The maximum Gasteiger partial charge on any atom is 0.351 e. The van der Waals surface area contributed by atoms with Crippen LogP contribution in [0.1, 0.15) is 25.0 Å². The predicted octanol–water partition coefficient (Wildman–Crippen LogP) is 4.30. The van der Waals surface area contributed by atoms with Gasteiger partial charge in [0.15, 0.2) is 12.4 Å². The highest BCUT2D eigenvalue weighted by Gasteiger charge is 2.20. The summed E-state index contributed by atoms with van der Waals surface area (Å²) in [7, 11) is 0. The van der Waals surface area contributed by atoms with Crippen LogP contribution in [0.2, 0.25) is 0 Å². The number of aryl methyl sites for hydroxylation is 1. The minimum Gasteiger partial charge on any atom is -0.453 e. The first-order valence-electron chi connectivity index (χ1n) is 7.53. The summed E-state index contributed by atoms with van der Waals surface area (Å²) >= 11 is 1.22. The molecule has 0 N–H and O–H groups in total. The summed E-state index contributed by atoms with van der Waals surface area (Å²) < 4.78 is 18.0. The molecule has 126 valence electrons. The first-order chi connectivity index (χ1) is 12.0. The van der Waals surface area contributed by atoms with Gasteiger partial charge in [0.05, 0.1) is 10.7 Å². The van der Waals surface area contributed by atoms with Crippen LogP contribution in [0.25, 0.3) is 11.3 Å². The molecule has 2 aromatic carbocycles. The second-order valence-electron chi connectivity index (χ2n) is 5.28. The molecule has 0 unspecified atom stereocenters. The number of rotatable bonds is 5. The van der Waals surface area contributed by atoms with Crippen molar-refractivity contribution in [2.24, 2.45) is 0 Å². The van der Waals surface area contributed by atoms with Gasteiger partial charge >= 0.3 is 5.97 Å². The van der Waals surface area contributed by atoms with Crippen LogP contribution in [0.3, 0.4) is 0 Å². The SMILES string of the molecule is Cc1nc(-c2ccccc2)c(C(=O)OCC(=O)c2ccc(F)cc2)s1. The zero-order valence-electron chi connectivity index (χ0n) is 13.4. The molecular formula is C19H14FNO3S. The maximum atomic E-state index is 12.9. The highest BCUT2D eigenvalue weighted by Crippen LogP contribution is 2.28. The van der Waals surface area contributed by atoms with Crippen molar-refractivity contribution < 1.29 is 18.7 Å². The van der Waals surface area contributed by atoms with Crippen molar-refractivity contribution in [2.75, 3.05) is 6.61 Å². The molecule has 0 aliphatic heterocycles. The van der Waals surface area contributed by atoms with E-state index in [-0.39, 0.29) is 5.56 Å². The lowest BCUT2D eigenvalue weighted by Crippen LogP contribution is -2.14. The van der Waals surface area contributed by atoms with E-state index in [2.05, 4.69) is 4.98 Å². The van der Waals surface area contributed by atoms with Crippen molar-refractivity contribution in [2.45, 2.75) is 6.92 Å². The standard InChI is InChI=1S/C19H14FNO3S/c1-12-21-17(14-5-3-2-4-6-14)18(25-12)19(23)24-11-16(22)13-7-9-15(20)10-8-13/h2-10H,11H2,1H3. The van der Waals surface area contributed by atoms with Crippen molar-refractivity contribution in [3.8, 4) is 11.3 Å². The molecule has 1 heterocycles. The van der Waals surface area contributed by atoms with E-state index in [9.17, 15) is 14.0 Å².